The van der Waals surface area contributed by atoms with Gasteiger partial charge in [-0.2, -0.15) is 18.1 Å². The number of nitrogens with zero attached hydrogens (tertiary/aromatic N) is 1. The fourth-order valence-electron chi connectivity index (χ4n) is 7.21. The minimum atomic E-state index is -0.987. The van der Waals surface area contributed by atoms with Gasteiger partial charge in [-0.25, -0.2) is 0 Å². The van der Waals surface area contributed by atoms with E-state index < -0.39 is 23.6 Å². The summed E-state index contributed by atoms with van der Waals surface area (Å²) in [6.07, 6.45) is 5.46. The average molecular weight is 652 g/mol. The molecule has 12 nitrogen and oxygen atoms in total. The molecule has 2 fully saturated rings. The van der Waals surface area contributed by atoms with Gasteiger partial charge in [-0.15, -0.1) is 0 Å². The lowest BCUT2D eigenvalue weighted by Gasteiger charge is -2.25. The number of thiol groups is 1. The minimum Gasteiger partial charge on any atom is -0.508 e. The van der Waals surface area contributed by atoms with Crippen molar-refractivity contribution in [2.24, 2.45) is 11.8 Å². The van der Waals surface area contributed by atoms with Gasteiger partial charge < -0.3 is 30.9 Å². The summed E-state index contributed by atoms with van der Waals surface area (Å²) in [6, 6.07) is -1.07. The van der Waals surface area contributed by atoms with Gasteiger partial charge >= 0.3 is 11.9 Å². The van der Waals surface area contributed by atoms with Crippen LogP contribution in [0.15, 0.2) is 46.4 Å². The van der Waals surface area contributed by atoms with E-state index in [9.17, 15) is 34.5 Å². The van der Waals surface area contributed by atoms with Crippen molar-refractivity contribution in [3.05, 3.63) is 68.2 Å². The van der Waals surface area contributed by atoms with E-state index in [0.717, 1.165) is 22.3 Å². The number of aliphatic hydroxyl groups is 1. The van der Waals surface area contributed by atoms with Crippen molar-refractivity contribution in [3.63, 3.8) is 0 Å². The molecule has 246 valence electrons. The Bertz CT molecular complexity index is 1770. The summed E-state index contributed by atoms with van der Waals surface area (Å²) in [5, 5.41) is 39.5. The first-order valence-corrected chi connectivity index (χ1v) is 15.8. The van der Waals surface area contributed by atoms with Crippen molar-refractivity contribution < 1.29 is 34.5 Å². The van der Waals surface area contributed by atoms with Gasteiger partial charge in [-0.05, 0) is 73.6 Å². The molecule has 0 bridgehead atoms. The van der Waals surface area contributed by atoms with Gasteiger partial charge in [-0.1, -0.05) is 26.5 Å². The molecule has 5 heterocycles. The van der Waals surface area contributed by atoms with E-state index in [-0.39, 0.29) is 66.4 Å². The zero-order valence-electron chi connectivity index (χ0n) is 26.5. The standard InChI is InChI=1S/C33H41N5O7S/c1-7-19-14(2)23(35-32(19)45)12-22-15(3)20(8-10-25(39)40)24(34-22)13-33-21(9-11-26(41)42)16(4)29(38(33)37-33)30(43)28-27(18(6)46)17(5)31(44)36-28/h7,12-13,17-18,23,27-28,34,37,43,46H,1,8-11H2,2-6H3,(H,35,45)(H,36,44)(H,39,40)(H,41,42)/b22-12+,24-13-,30-29+/t17-,18?,23-,27+,28?,33-,38?/m1/s1. The summed E-state index contributed by atoms with van der Waals surface area (Å²) < 4.78 is 0. The molecular weight excluding hydrogens is 610 g/mol. The number of hydrogen-bond donors (Lipinski definition) is 8. The third-order valence-electron chi connectivity index (χ3n) is 9.79. The Kier molecular flexibility index (Phi) is 8.77. The molecule has 2 saturated heterocycles. The normalized spacial score (nSPS) is 29.7. The number of hydrazine groups is 1. The molecule has 13 heteroatoms. The van der Waals surface area contributed by atoms with Gasteiger partial charge in [0.2, 0.25) is 5.91 Å². The minimum absolute atomic E-state index is 0.0331. The highest BCUT2D eigenvalue weighted by atomic mass is 32.1. The maximum atomic E-state index is 12.6. The molecule has 0 aliphatic carbocycles. The molecule has 1 aromatic rings. The van der Waals surface area contributed by atoms with Crippen LogP contribution in [0.1, 0.15) is 58.1 Å². The lowest BCUT2D eigenvalue weighted by molar-refractivity contribution is -0.138. The van der Waals surface area contributed by atoms with Crippen LogP contribution in [-0.4, -0.2) is 72.1 Å². The number of amides is 2. The first kappa shape index (κ1) is 33.1. The van der Waals surface area contributed by atoms with Crippen LogP contribution in [0.3, 0.4) is 0 Å². The molecule has 1 aromatic heterocycles. The predicted molar refractivity (Wildman–Crippen MR) is 174 cm³/mol. The molecule has 4 aliphatic rings. The maximum absolute atomic E-state index is 12.6. The summed E-state index contributed by atoms with van der Waals surface area (Å²) in [7, 11) is 0. The molecule has 5 rings (SSSR count). The number of fused-ring (bicyclic) bond motifs is 1. The summed E-state index contributed by atoms with van der Waals surface area (Å²) in [5.41, 5.74) is 7.16. The van der Waals surface area contributed by atoms with E-state index in [0.29, 0.717) is 27.5 Å². The molecule has 6 atom stereocenters. The number of aromatic nitrogens is 1. The van der Waals surface area contributed by atoms with Crippen LogP contribution in [0, 0.1) is 18.8 Å². The van der Waals surface area contributed by atoms with E-state index in [2.05, 4.69) is 40.3 Å². The van der Waals surface area contributed by atoms with E-state index >= 15 is 0 Å². The fourth-order valence-corrected chi connectivity index (χ4v) is 7.64. The highest BCUT2D eigenvalue weighted by Crippen LogP contribution is 2.52. The van der Waals surface area contributed by atoms with Crippen LogP contribution >= 0.6 is 12.6 Å². The number of hydrogen-bond acceptors (Lipinski definition) is 8. The number of aromatic amines is 1. The SMILES string of the molecule is C=CC1=C(C)[C@@H](/C=c2/[nH]/c(=C\[C@@]34NN3/C(=C(/O)C3NC(=O)[C@H](C)[C@H]3C(C)S)C(C)=C4CCC(=O)O)c(CCC(=O)O)c2C)NC1=O. The number of allylic oxidation sites excluding steroid dienone is 1. The van der Waals surface area contributed by atoms with Gasteiger partial charge in [0, 0.05) is 46.2 Å². The molecule has 46 heavy (non-hydrogen) atoms. The van der Waals surface area contributed by atoms with E-state index in [1.165, 1.54) is 6.08 Å². The Morgan fingerprint density at radius 3 is 2.30 bits per heavy atom. The summed E-state index contributed by atoms with van der Waals surface area (Å²) in [5.74, 6) is -3.00. The van der Waals surface area contributed by atoms with E-state index in [1.54, 1.807) is 11.9 Å². The van der Waals surface area contributed by atoms with Gasteiger partial charge in [0.1, 0.15) is 5.76 Å². The first-order valence-electron chi connectivity index (χ1n) is 15.3. The molecule has 4 aliphatic heterocycles. The second-order valence-corrected chi connectivity index (χ2v) is 13.4. The Morgan fingerprint density at radius 1 is 1.07 bits per heavy atom. The average Bonchev–Trinajstić information content (AvgIpc) is 3.17. The Labute approximate surface area is 272 Å². The van der Waals surface area contributed by atoms with Crippen LogP contribution in [0.25, 0.3) is 12.2 Å². The second-order valence-electron chi connectivity index (χ2n) is 12.6. The number of aliphatic carboxylic acids is 2. The number of carbonyl (C=O) groups is 4. The molecule has 2 unspecified atom stereocenters. The van der Waals surface area contributed by atoms with Gasteiger partial charge in [-0.3, -0.25) is 24.2 Å². The number of carboxylic acids is 2. The Balaban J connectivity index is 1.65. The zero-order chi connectivity index (χ0) is 33.8. The van der Waals surface area contributed by atoms with Crippen molar-refractivity contribution in [2.75, 3.05) is 0 Å². The largest absolute Gasteiger partial charge is 0.508 e. The second kappa shape index (κ2) is 12.2. The third kappa shape index (κ3) is 5.55. The summed E-state index contributed by atoms with van der Waals surface area (Å²) in [4.78, 5) is 51.8. The predicted octanol–water partition coefficient (Wildman–Crippen LogP) is 1.45. The number of aliphatic hydroxyl groups excluding tert-OH is 1. The van der Waals surface area contributed by atoms with Crippen molar-refractivity contribution >= 4 is 48.5 Å². The lowest BCUT2D eigenvalue weighted by atomic mass is 9.87. The lowest BCUT2D eigenvalue weighted by Crippen LogP contribution is -2.35. The van der Waals surface area contributed by atoms with Crippen molar-refractivity contribution in [2.45, 2.75) is 83.3 Å². The van der Waals surface area contributed by atoms with E-state index in [1.807, 2.05) is 39.8 Å². The highest BCUT2D eigenvalue weighted by molar-refractivity contribution is 7.80. The highest BCUT2D eigenvalue weighted by Gasteiger charge is 2.61. The number of rotatable bonds is 11. The topological polar surface area (TPSA) is 194 Å². The first-order chi connectivity index (χ1) is 21.6. The molecule has 0 spiro atoms. The van der Waals surface area contributed by atoms with Crippen LogP contribution < -0.4 is 26.8 Å². The monoisotopic (exact) mass is 651 g/mol. The molecule has 0 saturated carbocycles. The van der Waals surface area contributed by atoms with Gasteiger partial charge in [0.05, 0.1) is 17.8 Å². The smallest absolute Gasteiger partial charge is 0.303 e. The van der Waals surface area contributed by atoms with Crippen molar-refractivity contribution in [1.29, 1.82) is 0 Å². The molecule has 7 N–H and O–H groups in total. The van der Waals surface area contributed by atoms with Gasteiger partial charge in [0.15, 0.2) is 5.66 Å². The maximum Gasteiger partial charge on any atom is 0.303 e. The number of carboxylic acid groups (broad SMARTS) is 2. The summed E-state index contributed by atoms with van der Waals surface area (Å²) in [6.45, 7) is 13.0. The molecule has 0 aromatic carbocycles. The quantitative estimate of drug-likeness (QED) is 0.0993. The molecule has 0 radical (unpaired) electrons. The Morgan fingerprint density at radius 2 is 1.72 bits per heavy atom. The van der Waals surface area contributed by atoms with Crippen LogP contribution in [0.5, 0.6) is 0 Å². The van der Waals surface area contributed by atoms with Gasteiger partial charge in [0.25, 0.3) is 5.91 Å². The van der Waals surface area contributed by atoms with Crippen molar-refractivity contribution in [1.82, 2.24) is 26.1 Å². The Hall–Kier alpha value is -4.23. The zero-order valence-corrected chi connectivity index (χ0v) is 27.4. The van der Waals surface area contributed by atoms with Crippen LogP contribution in [0.2, 0.25) is 0 Å². The summed E-state index contributed by atoms with van der Waals surface area (Å²) >= 11 is 4.60. The van der Waals surface area contributed by atoms with Crippen LogP contribution in [-0.2, 0) is 25.6 Å². The fraction of sp³-hybridized carbons (Fsp3) is 0.455. The third-order valence-corrected chi connectivity index (χ3v) is 10.1. The van der Waals surface area contributed by atoms with Crippen molar-refractivity contribution in [3.8, 4) is 0 Å². The van der Waals surface area contributed by atoms with E-state index in [4.69, 9.17) is 0 Å². The number of nitrogens with one attached hydrogen (secondary N) is 4. The van der Waals surface area contributed by atoms with Crippen LogP contribution in [0.4, 0.5) is 0 Å². The number of H-pyrrole nitrogens is 1. The number of carbonyl (C=O) groups excluding carboxylic acids is 2. The molecule has 2 amide bonds. The molecular formula is C33H41N5O7S.